The zero-order valence-corrected chi connectivity index (χ0v) is 10.2. The highest BCUT2D eigenvalue weighted by Crippen LogP contribution is 2.31. The zero-order valence-electron chi connectivity index (χ0n) is 8.60. The average Bonchev–Trinajstić information content (AvgIpc) is 2.23. The summed E-state index contributed by atoms with van der Waals surface area (Å²) in [6.45, 7) is 1.68. The van der Waals surface area contributed by atoms with Crippen LogP contribution < -0.4 is 0 Å². The number of halogens is 3. The summed E-state index contributed by atoms with van der Waals surface area (Å²) < 4.78 is 27.6. The maximum Gasteiger partial charge on any atom is 0.132 e. The van der Waals surface area contributed by atoms with E-state index in [1.807, 2.05) is 0 Å². The highest BCUT2D eigenvalue weighted by Gasteiger charge is 2.10. The van der Waals surface area contributed by atoms with Crippen LogP contribution in [-0.2, 0) is 0 Å². The van der Waals surface area contributed by atoms with Crippen molar-refractivity contribution < 1.29 is 8.78 Å². The lowest BCUT2D eigenvalue weighted by atomic mass is 10.0. The highest BCUT2D eigenvalue weighted by molar-refractivity contribution is 9.10. The van der Waals surface area contributed by atoms with Crippen molar-refractivity contribution in [3.8, 4) is 11.1 Å². The molecule has 0 fully saturated rings. The third-order valence-electron chi connectivity index (χ3n) is 2.42. The van der Waals surface area contributed by atoms with Gasteiger partial charge in [-0.1, -0.05) is 34.1 Å². The largest absolute Gasteiger partial charge is 0.207 e. The molecule has 0 bridgehead atoms. The number of benzene rings is 2. The molecule has 0 nitrogen and oxygen atoms in total. The molecule has 3 heteroatoms. The SMILES string of the molecule is Cc1ccc(-c2c(F)cccc2Br)cc1F. The van der Waals surface area contributed by atoms with Gasteiger partial charge in [-0.15, -0.1) is 0 Å². The molecule has 2 aromatic rings. The van der Waals surface area contributed by atoms with E-state index in [0.29, 0.717) is 21.2 Å². The fourth-order valence-electron chi connectivity index (χ4n) is 1.52. The quantitative estimate of drug-likeness (QED) is 0.711. The maximum absolute atomic E-state index is 13.6. The van der Waals surface area contributed by atoms with Gasteiger partial charge in [0.15, 0.2) is 0 Å². The molecule has 0 heterocycles. The minimum absolute atomic E-state index is 0.326. The first-order valence-electron chi connectivity index (χ1n) is 4.80. The third kappa shape index (κ3) is 2.00. The highest BCUT2D eigenvalue weighted by atomic mass is 79.9. The van der Waals surface area contributed by atoms with Crippen molar-refractivity contribution >= 4 is 15.9 Å². The molecule has 0 aromatic heterocycles. The monoisotopic (exact) mass is 282 g/mol. The van der Waals surface area contributed by atoms with E-state index in [9.17, 15) is 8.78 Å². The molecule has 2 aromatic carbocycles. The lowest BCUT2D eigenvalue weighted by Crippen LogP contribution is -1.89. The smallest absolute Gasteiger partial charge is 0.132 e. The van der Waals surface area contributed by atoms with Crippen molar-refractivity contribution in [2.45, 2.75) is 6.92 Å². The standard InChI is InChI=1S/C13H9BrF2/c1-8-5-6-9(7-12(8)16)13-10(14)3-2-4-11(13)15/h2-7H,1H3. The Labute approximate surface area is 101 Å². The Kier molecular flexibility index (Phi) is 3.06. The Hall–Kier alpha value is -1.22. The Bertz CT molecular complexity index is 515. The van der Waals surface area contributed by atoms with Gasteiger partial charge in [0.1, 0.15) is 11.6 Å². The van der Waals surface area contributed by atoms with Crippen molar-refractivity contribution in [2.24, 2.45) is 0 Å². The average molecular weight is 283 g/mol. The van der Waals surface area contributed by atoms with E-state index >= 15 is 0 Å². The summed E-state index contributed by atoms with van der Waals surface area (Å²) in [5.74, 6) is -0.690. The molecule has 0 radical (unpaired) electrons. The fourth-order valence-corrected chi connectivity index (χ4v) is 2.09. The lowest BCUT2D eigenvalue weighted by Gasteiger charge is -2.07. The van der Waals surface area contributed by atoms with Gasteiger partial charge in [0, 0.05) is 10.0 Å². The van der Waals surface area contributed by atoms with Crippen LogP contribution in [-0.4, -0.2) is 0 Å². The van der Waals surface area contributed by atoms with Crippen LogP contribution in [0.5, 0.6) is 0 Å². The van der Waals surface area contributed by atoms with Gasteiger partial charge < -0.3 is 0 Å². The summed E-state index contributed by atoms with van der Waals surface area (Å²) in [5.41, 5.74) is 1.48. The van der Waals surface area contributed by atoms with Gasteiger partial charge in [-0.3, -0.25) is 0 Å². The van der Waals surface area contributed by atoms with E-state index in [4.69, 9.17) is 0 Å². The molecule has 0 aliphatic heterocycles. The molecule has 0 saturated carbocycles. The number of hydrogen-bond donors (Lipinski definition) is 0. The summed E-state index contributed by atoms with van der Waals surface area (Å²) in [6, 6.07) is 9.39. The topological polar surface area (TPSA) is 0 Å². The number of hydrogen-bond acceptors (Lipinski definition) is 0. The van der Waals surface area contributed by atoms with Gasteiger partial charge >= 0.3 is 0 Å². The predicted molar refractivity (Wildman–Crippen MR) is 64.2 cm³/mol. The summed E-state index contributed by atoms with van der Waals surface area (Å²) in [7, 11) is 0. The summed E-state index contributed by atoms with van der Waals surface area (Å²) in [5, 5.41) is 0. The van der Waals surface area contributed by atoms with Crippen LogP contribution in [0.1, 0.15) is 5.56 Å². The normalized spacial score (nSPS) is 10.5. The lowest BCUT2D eigenvalue weighted by molar-refractivity contribution is 0.617. The summed E-state index contributed by atoms with van der Waals surface area (Å²) >= 11 is 3.26. The molecule has 2 rings (SSSR count). The van der Waals surface area contributed by atoms with Crippen LogP contribution in [0.4, 0.5) is 8.78 Å². The second-order valence-electron chi connectivity index (χ2n) is 3.56. The molecule has 0 N–H and O–H groups in total. The van der Waals surface area contributed by atoms with Gasteiger partial charge in [0.05, 0.1) is 0 Å². The van der Waals surface area contributed by atoms with Crippen molar-refractivity contribution in [3.63, 3.8) is 0 Å². The Morgan fingerprint density at radius 1 is 1.00 bits per heavy atom. The number of rotatable bonds is 1. The molecule has 0 spiro atoms. The second kappa shape index (κ2) is 4.34. The van der Waals surface area contributed by atoms with Crippen LogP contribution in [0.25, 0.3) is 11.1 Å². The van der Waals surface area contributed by atoms with Crippen molar-refractivity contribution in [2.75, 3.05) is 0 Å². The third-order valence-corrected chi connectivity index (χ3v) is 3.08. The first-order chi connectivity index (χ1) is 7.59. The van der Waals surface area contributed by atoms with Crippen molar-refractivity contribution in [1.82, 2.24) is 0 Å². The van der Waals surface area contributed by atoms with Crippen molar-refractivity contribution in [1.29, 1.82) is 0 Å². The van der Waals surface area contributed by atoms with Gasteiger partial charge in [0.2, 0.25) is 0 Å². The molecule has 0 unspecified atom stereocenters. The first-order valence-corrected chi connectivity index (χ1v) is 5.59. The Morgan fingerprint density at radius 2 is 1.75 bits per heavy atom. The van der Waals surface area contributed by atoms with Crippen molar-refractivity contribution in [3.05, 3.63) is 58.1 Å². The predicted octanol–water partition coefficient (Wildman–Crippen LogP) is 4.70. The molecule has 82 valence electrons. The van der Waals surface area contributed by atoms with Crippen LogP contribution in [0, 0.1) is 18.6 Å². The van der Waals surface area contributed by atoms with Gasteiger partial charge in [0.25, 0.3) is 0 Å². The van der Waals surface area contributed by atoms with E-state index in [-0.39, 0.29) is 11.6 Å². The van der Waals surface area contributed by atoms with Crippen LogP contribution in [0.3, 0.4) is 0 Å². The van der Waals surface area contributed by atoms with Crippen LogP contribution >= 0.6 is 15.9 Å². The maximum atomic E-state index is 13.6. The van der Waals surface area contributed by atoms with Gasteiger partial charge in [-0.05, 0) is 36.2 Å². The van der Waals surface area contributed by atoms with E-state index < -0.39 is 0 Å². The zero-order chi connectivity index (χ0) is 11.7. The van der Waals surface area contributed by atoms with Crippen LogP contribution in [0.2, 0.25) is 0 Å². The molecule has 0 saturated heterocycles. The summed E-state index contributed by atoms with van der Waals surface area (Å²) in [6.07, 6.45) is 0. The van der Waals surface area contributed by atoms with Gasteiger partial charge in [-0.25, -0.2) is 8.78 Å². The minimum atomic E-state index is -0.363. The Morgan fingerprint density at radius 3 is 2.38 bits per heavy atom. The molecule has 0 aliphatic carbocycles. The molecule has 0 atom stereocenters. The molecular formula is C13H9BrF2. The first kappa shape index (κ1) is 11.3. The van der Waals surface area contributed by atoms with Crippen LogP contribution in [0.15, 0.2) is 40.9 Å². The van der Waals surface area contributed by atoms with E-state index in [1.54, 1.807) is 31.2 Å². The Balaban J connectivity index is 2.63. The molecule has 0 amide bonds. The van der Waals surface area contributed by atoms with E-state index in [2.05, 4.69) is 15.9 Å². The number of aryl methyl sites for hydroxylation is 1. The molecule has 0 aliphatic rings. The van der Waals surface area contributed by atoms with E-state index in [1.165, 1.54) is 12.1 Å². The summed E-state index contributed by atoms with van der Waals surface area (Å²) in [4.78, 5) is 0. The van der Waals surface area contributed by atoms with E-state index in [0.717, 1.165) is 0 Å². The molecular weight excluding hydrogens is 274 g/mol. The van der Waals surface area contributed by atoms with Gasteiger partial charge in [-0.2, -0.15) is 0 Å². The molecule has 16 heavy (non-hydrogen) atoms. The fraction of sp³-hybridized carbons (Fsp3) is 0.0769. The second-order valence-corrected chi connectivity index (χ2v) is 4.41. The minimum Gasteiger partial charge on any atom is -0.207 e.